The minimum Gasteiger partial charge on any atom is -0.507 e. The molecule has 0 spiro atoms. The van der Waals surface area contributed by atoms with Crippen LogP contribution in [-0.4, -0.2) is 10.9 Å². The Morgan fingerprint density at radius 3 is 2.62 bits per heavy atom. The lowest BCUT2D eigenvalue weighted by Crippen LogP contribution is -1.95. The number of ketones is 1. The molecule has 0 amide bonds. The Hall–Kier alpha value is -1.31. The molecule has 1 aromatic rings. The molecular weight excluding hydrogens is 200 g/mol. The zero-order valence-electron chi connectivity index (χ0n) is 10.1. The lowest BCUT2D eigenvalue weighted by Gasteiger charge is -2.05. The van der Waals surface area contributed by atoms with Crippen LogP contribution in [0, 0.1) is 0 Å². The average molecular weight is 220 g/mol. The van der Waals surface area contributed by atoms with E-state index in [9.17, 15) is 9.90 Å². The number of phenolic OH excluding ortho intramolecular Hbond substituents is 1. The molecule has 1 rings (SSSR count). The number of aromatic hydroxyl groups is 1. The maximum Gasteiger partial charge on any atom is 0.163 e. The summed E-state index contributed by atoms with van der Waals surface area (Å²) in [6, 6.07) is 5.32. The number of Topliss-reactive ketones (excluding diaryl/α,β-unsaturated/α-hetero) is 1. The van der Waals surface area contributed by atoms with E-state index < -0.39 is 0 Å². The van der Waals surface area contributed by atoms with E-state index in [0.717, 1.165) is 18.4 Å². The van der Waals surface area contributed by atoms with Gasteiger partial charge in [-0.25, -0.2) is 0 Å². The van der Waals surface area contributed by atoms with Crippen LogP contribution in [0.5, 0.6) is 5.75 Å². The first-order valence-electron chi connectivity index (χ1n) is 5.98. The fraction of sp³-hybridized carbons (Fsp3) is 0.500. The van der Waals surface area contributed by atoms with Gasteiger partial charge in [0.2, 0.25) is 0 Å². The molecule has 1 N–H and O–H groups in total. The van der Waals surface area contributed by atoms with Gasteiger partial charge in [-0.1, -0.05) is 32.3 Å². The van der Waals surface area contributed by atoms with Gasteiger partial charge in [-0.3, -0.25) is 4.79 Å². The molecule has 1 aromatic carbocycles. The van der Waals surface area contributed by atoms with Crippen molar-refractivity contribution in [1.29, 1.82) is 0 Å². The molecule has 0 bridgehead atoms. The van der Waals surface area contributed by atoms with Crippen LogP contribution >= 0.6 is 0 Å². The Labute approximate surface area is 97.3 Å². The molecule has 88 valence electrons. The predicted octanol–water partition coefficient (Wildman–Crippen LogP) is 3.72. The van der Waals surface area contributed by atoms with E-state index in [0.29, 0.717) is 5.56 Å². The van der Waals surface area contributed by atoms with E-state index in [2.05, 4.69) is 6.92 Å². The van der Waals surface area contributed by atoms with E-state index >= 15 is 0 Å². The van der Waals surface area contributed by atoms with E-state index in [1.807, 2.05) is 12.1 Å². The zero-order chi connectivity index (χ0) is 12.0. The van der Waals surface area contributed by atoms with E-state index in [-0.39, 0.29) is 11.5 Å². The quantitative estimate of drug-likeness (QED) is 0.586. The summed E-state index contributed by atoms with van der Waals surface area (Å²) in [5.41, 5.74) is 1.58. The van der Waals surface area contributed by atoms with Crippen molar-refractivity contribution in [2.45, 2.75) is 46.0 Å². The predicted molar refractivity (Wildman–Crippen MR) is 66.0 cm³/mol. The lowest BCUT2D eigenvalue weighted by atomic mass is 10.0. The zero-order valence-corrected chi connectivity index (χ0v) is 10.1. The fourth-order valence-corrected chi connectivity index (χ4v) is 1.78. The molecule has 0 aliphatic heterocycles. The number of hydrogen-bond donors (Lipinski definition) is 1. The van der Waals surface area contributed by atoms with E-state index in [4.69, 9.17) is 0 Å². The van der Waals surface area contributed by atoms with Gasteiger partial charge in [0, 0.05) is 0 Å². The number of rotatable bonds is 6. The van der Waals surface area contributed by atoms with Crippen LogP contribution in [0.4, 0.5) is 0 Å². The smallest absolute Gasteiger partial charge is 0.163 e. The van der Waals surface area contributed by atoms with Crippen LogP contribution in [0.2, 0.25) is 0 Å². The van der Waals surface area contributed by atoms with Crippen LogP contribution < -0.4 is 0 Å². The molecule has 0 saturated carbocycles. The first kappa shape index (κ1) is 12.8. The van der Waals surface area contributed by atoms with Crippen molar-refractivity contribution in [2.75, 3.05) is 0 Å². The van der Waals surface area contributed by atoms with Crippen molar-refractivity contribution in [2.24, 2.45) is 0 Å². The standard InChI is InChI=1S/C14H20O2/c1-3-4-5-6-7-12-8-9-14(16)13(10-12)11(2)15/h8-10,16H,3-7H2,1-2H3. The Balaban J connectivity index is 2.61. The molecule has 2 nitrogen and oxygen atoms in total. The minimum atomic E-state index is -0.0760. The van der Waals surface area contributed by atoms with Gasteiger partial charge in [0.1, 0.15) is 5.75 Å². The molecule has 0 fully saturated rings. The summed E-state index contributed by atoms with van der Waals surface area (Å²) in [5, 5.41) is 9.49. The summed E-state index contributed by atoms with van der Waals surface area (Å²) in [6.07, 6.45) is 5.86. The number of hydrogen-bond acceptors (Lipinski definition) is 2. The molecule has 0 saturated heterocycles. The highest BCUT2D eigenvalue weighted by molar-refractivity contribution is 5.96. The van der Waals surface area contributed by atoms with Crippen molar-refractivity contribution >= 4 is 5.78 Å². The van der Waals surface area contributed by atoms with Gasteiger partial charge in [0.05, 0.1) is 5.56 Å². The van der Waals surface area contributed by atoms with E-state index in [1.165, 1.54) is 26.2 Å². The Bertz CT molecular complexity index is 356. The first-order chi connectivity index (χ1) is 7.65. The summed E-state index contributed by atoms with van der Waals surface area (Å²) in [4.78, 5) is 11.2. The van der Waals surface area contributed by atoms with Crippen LogP contribution in [0.3, 0.4) is 0 Å². The van der Waals surface area contributed by atoms with Gasteiger partial charge >= 0.3 is 0 Å². The summed E-state index contributed by atoms with van der Waals surface area (Å²) >= 11 is 0. The molecule has 16 heavy (non-hydrogen) atoms. The van der Waals surface area contributed by atoms with Gasteiger partial charge in [0.25, 0.3) is 0 Å². The van der Waals surface area contributed by atoms with Crippen molar-refractivity contribution in [3.05, 3.63) is 29.3 Å². The number of unbranched alkanes of at least 4 members (excludes halogenated alkanes) is 3. The highest BCUT2D eigenvalue weighted by atomic mass is 16.3. The Morgan fingerprint density at radius 1 is 1.25 bits per heavy atom. The monoisotopic (exact) mass is 220 g/mol. The Kier molecular flexibility index (Phi) is 5.03. The maximum absolute atomic E-state index is 11.2. The van der Waals surface area contributed by atoms with Crippen LogP contribution in [0.15, 0.2) is 18.2 Å². The number of carbonyl (C=O) groups excluding carboxylic acids is 1. The number of benzene rings is 1. The number of aryl methyl sites for hydroxylation is 1. The SMILES string of the molecule is CCCCCCc1ccc(O)c(C(C)=O)c1. The molecule has 0 atom stereocenters. The highest BCUT2D eigenvalue weighted by Gasteiger charge is 2.06. The first-order valence-corrected chi connectivity index (χ1v) is 5.98. The van der Waals surface area contributed by atoms with Gasteiger partial charge in [-0.15, -0.1) is 0 Å². The van der Waals surface area contributed by atoms with Gasteiger partial charge in [-0.05, 0) is 37.5 Å². The van der Waals surface area contributed by atoms with Gasteiger partial charge in [0.15, 0.2) is 5.78 Å². The molecule has 0 unspecified atom stereocenters. The van der Waals surface area contributed by atoms with Crippen molar-refractivity contribution in [3.63, 3.8) is 0 Å². The van der Waals surface area contributed by atoms with E-state index in [1.54, 1.807) is 6.07 Å². The normalized spacial score (nSPS) is 10.4. The third-order valence-corrected chi connectivity index (χ3v) is 2.76. The summed E-state index contributed by atoms with van der Waals surface area (Å²) in [5.74, 6) is 0.0118. The third kappa shape index (κ3) is 3.69. The molecule has 0 heterocycles. The minimum absolute atomic E-state index is 0.0760. The summed E-state index contributed by atoms with van der Waals surface area (Å²) in [7, 11) is 0. The maximum atomic E-state index is 11.2. The van der Waals surface area contributed by atoms with Crippen LogP contribution in [0.25, 0.3) is 0 Å². The summed E-state index contributed by atoms with van der Waals surface area (Å²) < 4.78 is 0. The topological polar surface area (TPSA) is 37.3 Å². The molecule has 0 aliphatic carbocycles. The molecule has 2 heteroatoms. The Morgan fingerprint density at radius 2 is 2.00 bits per heavy atom. The second-order valence-electron chi connectivity index (χ2n) is 4.22. The van der Waals surface area contributed by atoms with Gasteiger partial charge in [-0.2, -0.15) is 0 Å². The second kappa shape index (κ2) is 6.31. The highest BCUT2D eigenvalue weighted by Crippen LogP contribution is 2.20. The average Bonchev–Trinajstić information content (AvgIpc) is 2.26. The molecule has 0 aliphatic rings. The third-order valence-electron chi connectivity index (χ3n) is 2.76. The molecule has 0 aromatic heterocycles. The van der Waals surface area contributed by atoms with Crippen LogP contribution in [-0.2, 0) is 6.42 Å². The number of carbonyl (C=O) groups is 1. The second-order valence-corrected chi connectivity index (χ2v) is 4.22. The lowest BCUT2D eigenvalue weighted by molar-refractivity contribution is 0.101. The number of phenols is 1. The molecule has 0 radical (unpaired) electrons. The molecular formula is C14H20O2. The largest absolute Gasteiger partial charge is 0.507 e. The van der Waals surface area contributed by atoms with Crippen molar-refractivity contribution in [1.82, 2.24) is 0 Å². The van der Waals surface area contributed by atoms with Crippen molar-refractivity contribution < 1.29 is 9.90 Å². The van der Waals surface area contributed by atoms with Crippen LogP contribution in [0.1, 0.15) is 55.5 Å². The summed E-state index contributed by atoms with van der Waals surface area (Å²) in [6.45, 7) is 3.67. The van der Waals surface area contributed by atoms with Gasteiger partial charge < -0.3 is 5.11 Å². The van der Waals surface area contributed by atoms with Crippen molar-refractivity contribution in [3.8, 4) is 5.75 Å². The fourth-order valence-electron chi connectivity index (χ4n) is 1.78.